The van der Waals surface area contributed by atoms with Crippen molar-refractivity contribution in [1.82, 2.24) is 4.98 Å². The molecule has 1 aromatic carbocycles. The maximum absolute atomic E-state index is 8.87. The van der Waals surface area contributed by atoms with Crippen molar-refractivity contribution in [3.8, 4) is 17.3 Å². The number of aryl methyl sites for hydroxylation is 1. The number of rotatable bonds is 1. The summed E-state index contributed by atoms with van der Waals surface area (Å²) in [5.74, 6) is 0. The number of hydrogen-bond acceptors (Lipinski definition) is 2. The highest BCUT2D eigenvalue weighted by Gasteiger charge is 2.05. The number of nitrogens with zero attached hydrogens (tertiary/aromatic N) is 3. The van der Waals surface area contributed by atoms with E-state index in [1.54, 1.807) is 24.3 Å². The fraction of sp³-hybridized carbons (Fsp3) is 0.0714. The summed E-state index contributed by atoms with van der Waals surface area (Å²) in [7, 11) is 0. The van der Waals surface area contributed by atoms with Crippen molar-refractivity contribution in [3.63, 3.8) is 0 Å². The third kappa shape index (κ3) is 2.14. The molecule has 0 spiro atoms. The Labute approximate surface area is 104 Å². The number of aromatic nitrogens is 1. The van der Waals surface area contributed by atoms with Crippen molar-refractivity contribution in [2.45, 2.75) is 6.85 Å². The normalized spacial score (nSPS) is 12.7. The van der Waals surface area contributed by atoms with E-state index in [0.29, 0.717) is 16.8 Å². The summed E-state index contributed by atoms with van der Waals surface area (Å²) < 4.78 is 21.8. The molecule has 0 unspecified atom stereocenters. The van der Waals surface area contributed by atoms with Gasteiger partial charge in [0.2, 0.25) is 5.69 Å². The van der Waals surface area contributed by atoms with E-state index in [4.69, 9.17) is 15.9 Å². The van der Waals surface area contributed by atoms with Gasteiger partial charge >= 0.3 is 0 Å². The summed E-state index contributed by atoms with van der Waals surface area (Å²) in [6.07, 6.45) is 1.30. The molecule has 3 nitrogen and oxygen atoms in total. The molecule has 0 N–H and O–H groups in total. The summed E-state index contributed by atoms with van der Waals surface area (Å²) >= 11 is 0. The van der Waals surface area contributed by atoms with Gasteiger partial charge in [-0.3, -0.25) is 4.98 Å². The fourth-order valence-corrected chi connectivity index (χ4v) is 1.44. The van der Waals surface area contributed by atoms with E-state index in [1.165, 1.54) is 12.3 Å². The number of benzene rings is 1. The van der Waals surface area contributed by atoms with Gasteiger partial charge in [0.25, 0.3) is 0 Å². The zero-order valence-electron chi connectivity index (χ0n) is 11.8. The van der Waals surface area contributed by atoms with Gasteiger partial charge in [-0.25, -0.2) is 4.85 Å². The first-order valence-corrected chi connectivity index (χ1v) is 4.84. The Balaban J connectivity index is 2.43. The van der Waals surface area contributed by atoms with Crippen LogP contribution in [0.5, 0.6) is 0 Å². The van der Waals surface area contributed by atoms with E-state index >= 15 is 0 Å². The SMILES string of the molecule is [2H]C([2H])([2H])c1ccc(-c2ccc(C#N)c([N+]#[C-])c2)nc1. The molecule has 3 heteroatoms. The average Bonchev–Trinajstić information content (AvgIpc) is 2.45. The smallest absolute Gasteiger partial charge is 0.205 e. The van der Waals surface area contributed by atoms with E-state index in [0.717, 1.165) is 0 Å². The highest BCUT2D eigenvalue weighted by atomic mass is 14.7. The lowest BCUT2D eigenvalue weighted by Gasteiger charge is -2.02. The van der Waals surface area contributed by atoms with E-state index in [9.17, 15) is 0 Å². The molecule has 80 valence electrons. The van der Waals surface area contributed by atoms with Crippen LogP contribution in [0.4, 0.5) is 5.69 Å². The molecule has 1 aromatic heterocycles. The van der Waals surface area contributed by atoms with Gasteiger partial charge in [-0.15, -0.1) is 0 Å². The molecule has 0 aliphatic heterocycles. The Morgan fingerprint density at radius 2 is 2.29 bits per heavy atom. The van der Waals surface area contributed by atoms with Gasteiger partial charge in [0.05, 0.1) is 23.9 Å². The van der Waals surface area contributed by atoms with Crippen LogP contribution < -0.4 is 0 Å². The molecule has 1 heterocycles. The van der Waals surface area contributed by atoms with Crippen LogP contribution in [0.1, 0.15) is 15.2 Å². The summed E-state index contributed by atoms with van der Waals surface area (Å²) in [6.45, 7) is 4.86. The maximum Gasteiger partial charge on any atom is 0.205 e. The van der Waals surface area contributed by atoms with Gasteiger partial charge < -0.3 is 0 Å². The van der Waals surface area contributed by atoms with E-state index in [1.807, 2.05) is 6.07 Å². The molecule has 0 radical (unpaired) electrons. The topological polar surface area (TPSA) is 41.0 Å². The highest BCUT2D eigenvalue weighted by Crippen LogP contribution is 2.26. The Morgan fingerprint density at radius 3 is 2.88 bits per heavy atom. The van der Waals surface area contributed by atoms with Crippen molar-refractivity contribution < 1.29 is 4.11 Å². The minimum Gasteiger partial charge on any atom is -0.256 e. The predicted octanol–water partition coefficient (Wildman–Crippen LogP) is 3.48. The molecule has 0 amide bonds. The molecular formula is C14H9N3. The molecule has 17 heavy (non-hydrogen) atoms. The highest BCUT2D eigenvalue weighted by molar-refractivity contribution is 5.70. The summed E-state index contributed by atoms with van der Waals surface area (Å²) in [5.41, 5.74) is 1.97. The molecular weight excluding hydrogens is 210 g/mol. The molecule has 2 aromatic rings. The lowest BCUT2D eigenvalue weighted by Crippen LogP contribution is -1.85. The second-order valence-corrected chi connectivity index (χ2v) is 3.39. The first-order chi connectivity index (χ1) is 9.45. The monoisotopic (exact) mass is 222 g/mol. The molecule has 0 atom stereocenters. The average molecular weight is 222 g/mol. The van der Waals surface area contributed by atoms with Gasteiger partial charge in [-0.2, -0.15) is 5.26 Å². The zero-order valence-corrected chi connectivity index (χ0v) is 8.81. The number of nitriles is 1. The predicted molar refractivity (Wildman–Crippen MR) is 65.4 cm³/mol. The minimum absolute atomic E-state index is 0.167. The quantitative estimate of drug-likeness (QED) is 0.693. The minimum atomic E-state index is -2.18. The third-order valence-electron chi connectivity index (χ3n) is 2.30. The van der Waals surface area contributed by atoms with Gasteiger partial charge in [-0.05, 0) is 30.1 Å². The van der Waals surface area contributed by atoms with E-state index in [-0.39, 0.29) is 11.3 Å². The van der Waals surface area contributed by atoms with Crippen molar-refractivity contribution in [2.24, 2.45) is 0 Å². The zero-order chi connectivity index (χ0) is 14.8. The lowest BCUT2D eigenvalue weighted by molar-refractivity contribution is 1.27. The van der Waals surface area contributed by atoms with E-state index < -0.39 is 6.85 Å². The molecule has 0 aliphatic rings. The van der Waals surface area contributed by atoms with Crippen LogP contribution in [0.15, 0.2) is 36.5 Å². The van der Waals surface area contributed by atoms with Crippen LogP contribution in [0.2, 0.25) is 0 Å². The molecule has 0 saturated heterocycles. The standard InChI is InChI=1S/C14H9N3/c1-10-3-6-13(17-9-10)11-4-5-12(8-15)14(7-11)16-2/h3-7,9H,1H3/i1D3. The third-order valence-corrected chi connectivity index (χ3v) is 2.30. The molecule has 0 aliphatic carbocycles. The van der Waals surface area contributed by atoms with Gasteiger partial charge in [0.1, 0.15) is 0 Å². The van der Waals surface area contributed by atoms with Crippen LogP contribution in [-0.2, 0) is 0 Å². The number of hydrogen-bond donors (Lipinski definition) is 0. The Bertz CT molecular complexity index is 719. The van der Waals surface area contributed by atoms with Gasteiger partial charge in [0.15, 0.2) is 0 Å². The van der Waals surface area contributed by atoms with Gasteiger partial charge in [0, 0.05) is 10.3 Å². The molecule has 0 fully saturated rings. The van der Waals surface area contributed by atoms with Crippen LogP contribution in [0.3, 0.4) is 0 Å². The largest absolute Gasteiger partial charge is 0.256 e. The van der Waals surface area contributed by atoms with Crippen molar-refractivity contribution in [3.05, 3.63) is 59.1 Å². The maximum atomic E-state index is 8.87. The van der Waals surface area contributed by atoms with Crippen LogP contribution in [-0.4, -0.2) is 4.98 Å². The van der Waals surface area contributed by atoms with E-state index in [2.05, 4.69) is 9.83 Å². The Morgan fingerprint density at radius 1 is 1.41 bits per heavy atom. The van der Waals surface area contributed by atoms with Crippen molar-refractivity contribution in [1.29, 1.82) is 5.26 Å². The van der Waals surface area contributed by atoms with Crippen LogP contribution in [0.25, 0.3) is 16.1 Å². The van der Waals surface area contributed by atoms with Crippen LogP contribution in [0, 0.1) is 24.8 Å². The second-order valence-electron chi connectivity index (χ2n) is 3.39. The molecule has 2 rings (SSSR count). The lowest BCUT2D eigenvalue weighted by atomic mass is 10.1. The Kier molecular flexibility index (Phi) is 2.00. The van der Waals surface area contributed by atoms with Crippen LogP contribution >= 0.6 is 0 Å². The molecule has 0 bridgehead atoms. The first-order valence-electron chi connectivity index (χ1n) is 6.34. The Hall–Kier alpha value is -2.65. The summed E-state index contributed by atoms with van der Waals surface area (Å²) in [4.78, 5) is 7.39. The number of pyridine rings is 1. The summed E-state index contributed by atoms with van der Waals surface area (Å²) in [5, 5.41) is 8.87. The first kappa shape index (κ1) is 7.60. The second kappa shape index (κ2) is 4.47. The fourth-order valence-electron chi connectivity index (χ4n) is 1.44. The van der Waals surface area contributed by atoms with Crippen molar-refractivity contribution in [2.75, 3.05) is 0 Å². The van der Waals surface area contributed by atoms with Crippen molar-refractivity contribution >= 4 is 5.69 Å². The summed E-state index contributed by atoms with van der Waals surface area (Å²) in [6, 6.07) is 9.85. The van der Waals surface area contributed by atoms with Gasteiger partial charge in [-0.1, -0.05) is 18.2 Å². The molecule has 0 saturated carbocycles.